The van der Waals surface area contributed by atoms with E-state index >= 15 is 0 Å². The normalized spacial score (nSPS) is 18.2. The van der Waals surface area contributed by atoms with Crippen molar-refractivity contribution in [2.24, 2.45) is 0 Å². The Morgan fingerprint density at radius 2 is 1.79 bits per heavy atom. The molecule has 1 unspecified atom stereocenters. The number of aliphatic hydroxyl groups excluding tert-OH is 1. The summed E-state index contributed by atoms with van der Waals surface area (Å²) < 4.78 is 5.64. The number of nitrogens with zero attached hydrogens (tertiary/aromatic N) is 1. The van der Waals surface area contributed by atoms with Gasteiger partial charge in [0, 0.05) is 18.7 Å². The van der Waals surface area contributed by atoms with Crippen molar-refractivity contribution in [3.05, 3.63) is 75.9 Å². The van der Waals surface area contributed by atoms with Crippen molar-refractivity contribution in [1.82, 2.24) is 4.90 Å². The SMILES string of the molecule is Cc1cccc(C2/C(=C(\O)c3cc(C(C)(C)C)ccc3C)C(=O)C(=O)N2CCCOC(C)C)c1. The number of hydrogen-bond donors (Lipinski definition) is 1. The molecule has 1 saturated heterocycles. The highest BCUT2D eigenvalue weighted by Crippen LogP contribution is 2.40. The molecule has 182 valence electrons. The van der Waals surface area contributed by atoms with E-state index in [-0.39, 0.29) is 22.9 Å². The molecule has 0 spiro atoms. The molecule has 1 heterocycles. The number of hydrogen-bond acceptors (Lipinski definition) is 4. The van der Waals surface area contributed by atoms with Gasteiger partial charge < -0.3 is 14.7 Å². The molecule has 1 aliphatic rings. The van der Waals surface area contributed by atoms with Crippen molar-refractivity contribution in [3.63, 3.8) is 0 Å². The van der Waals surface area contributed by atoms with Crippen molar-refractivity contribution in [2.75, 3.05) is 13.2 Å². The smallest absolute Gasteiger partial charge is 0.295 e. The third kappa shape index (κ3) is 5.41. The Kier molecular flexibility index (Phi) is 7.67. The number of carbonyl (C=O) groups is 2. The quantitative estimate of drug-likeness (QED) is 0.243. The molecular formula is C29H37NO4. The van der Waals surface area contributed by atoms with Crippen molar-refractivity contribution in [3.8, 4) is 0 Å². The van der Waals surface area contributed by atoms with Crippen LogP contribution in [0.15, 0.2) is 48.0 Å². The van der Waals surface area contributed by atoms with Gasteiger partial charge in [0.15, 0.2) is 0 Å². The molecule has 5 heteroatoms. The first kappa shape index (κ1) is 25.7. The molecule has 3 rings (SSSR count). The summed E-state index contributed by atoms with van der Waals surface area (Å²) in [6.45, 7) is 15.0. The van der Waals surface area contributed by atoms with E-state index < -0.39 is 17.7 Å². The lowest BCUT2D eigenvalue weighted by Crippen LogP contribution is -2.31. The van der Waals surface area contributed by atoms with Crippen LogP contribution in [0.25, 0.3) is 5.76 Å². The molecular weight excluding hydrogens is 426 g/mol. The highest BCUT2D eigenvalue weighted by Gasteiger charge is 2.46. The van der Waals surface area contributed by atoms with Crippen LogP contribution in [0.5, 0.6) is 0 Å². The number of rotatable bonds is 7. The van der Waals surface area contributed by atoms with Gasteiger partial charge in [0.25, 0.3) is 11.7 Å². The van der Waals surface area contributed by atoms with Crippen molar-refractivity contribution < 1.29 is 19.4 Å². The fourth-order valence-electron chi connectivity index (χ4n) is 4.34. The average molecular weight is 464 g/mol. The second kappa shape index (κ2) is 10.1. The molecule has 0 saturated carbocycles. The zero-order valence-corrected chi connectivity index (χ0v) is 21.4. The summed E-state index contributed by atoms with van der Waals surface area (Å²) in [5.74, 6) is -1.34. The molecule has 2 aromatic rings. The number of benzene rings is 2. The lowest BCUT2D eigenvalue weighted by atomic mass is 9.84. The Morgan fingerprint density at radius 3 is 2.41 bits per heavy atom. The van der Waals surface area contributed by atoms with Gasteiger partial charge in [-0.1, -0.05) is 62.7 Å². The summed E-state index contributed by atoms with van der Waals surface area (Å²) in [5.41, 5.74) is 4.35. The average Bonchev–Trinajstić information content (AvgIpc) is 3.00. The van der Waals surface area contributed by atoms with E-state index in [1.807, 2.05) is 70.2 Å². The fourth-order valence-corrected chi connectivity index (χ4v) is 4.34. The van der Waals surface area contributed by atoms with Crippen LogP contribution in [-0.2, 0) is 19.7 Å². The minimum Gasteiger partial charge on any atom is -0.507 e. The minimum absolute atomic E-state index is 0.0982. The van der Waals surface area contributed by atoms with Crippen molar-refractivity contribution >= 4 is 17.4 Å². The van der Waals surface area contributed by atoms with Crippen LogP contribution in [0.3, 0.4) is 0 Å². The maximum Gasteiger partial charge on any atom is 0.295 e. The first-order valence-corrected chi connectivity index (χ1v) is 12.0. The Morgan fingerprint density at radius 1 is 1.09 bits per heavy atom. The third-order valence-corrected chi connectivity index (χ3v) is 6.25. The van der Waals surface area contributed by atoms with E-state index in [1.165, 1.54) is 0 Å². The summed E-state index contributed by atoms with van der Waals surface area (Å²) in [6.07, 6.45) is 0.701. The van der Waals surface area contributed by atoms with Gasteiger partial charge in [-0.3, -0.25) is 9.59 Å². The van der Waals surface area contributed by atoms with Gasteiger partial charge in [-0.25, -0.2) is 0 Å². The van der Waals surface area contributed by atoms with Gasteiger partial charge in [0.2, 0.25) is 0 Å². The van der Waals surface area contributed by atoms with Crippen molar-refractivity contribution in [2.45, 2.75) is 72.4 Å². The van der Waals surface area contributed by atoms with Gasteiger partial charge in [0.05, 0.1) is 17.7 Å². The number of ketones is 1. The molecule has 1 fully saturated rings. The molecule has 0 aromatic heterocycles. The van der Waals surface area contributed by atoms with Crippen LogP contribution in [-0.4, -0.2) is 41.0 Å². The maximum absolute atomic E-state index is 13.3. The summed E-state index contributed by atoms with van der Waals surface area (Å²) >= 11 is 0. The number of likely N-dealkylation sites (tertiary alicyclic amines) is 1. The van der Waals surface area contributed by atoms with Gasteiger partial charge in [0.1, 0.15) is 5.76 Å². The topological polar surface area (TPSA) is 66.8 Å². The number of carbonyl (C=O) groups excluding carboxylic acids is 2. The minimum atomic E-state index is -0.644. The highest BCUT2D eigenvalue weighted by atomic mass is 16.5. The highest BCUT2D eigenvalue weighted by molar-refractivity contribution is 6.46. The van der Waals surface area contributed by atoms with E-state index in [2.05, 4.69) is 20.8 Å². The lowest BCUT2D eigenvalue weighted by Gasteiger charge is -2.26. The second-order valence-electron chi connectivity index (χ2n) is 10.5. The second-order valence-corrected chi connectivity index (χ2v) is 10.5. The zero-order chi connectivity index (χ0) is 25.2. The van der Waals surface area contributed by atoms with Gasteiger partial charge in [-0.15, -0.1) is 0 Å². The molecule has 0 aliphatic carbocycles. The van der Waals surface area contributed by atoms with Gasteiger partial charge in [-0.05, 0) is 62.3 Å². The molecule has 0 radical (unpaired) electrons. The van der Waals surface area contributed by atoms with Crippen LogP contribution in [0.4, 0.5) is 0 Å². The van der Waals surface area contributed by atoms with Crippen LogP contribution < -0.4 is 0 Å². The van der Waals surface area contributed by atoms with E-state index in [0.717, 1.165) is 22.3 Å². The van der Waals surface area contributed by atoms with Crippen molar-refractivity contribution in [1.29, 1.82) is 0 Å². The van der Waals surface area contributed by atoms with Crippen LogP contribution in [0.2, 0.25) is 0 Å². The van der Waals surface area contributed by atoms with Crippen LogP contribution in [0.1, 0.15) is 74.9 Å². The van der Waals surface area contributed by atoms with E-state index in [4.69, 9.17) is 4.74 Å². The molecule has 1 atom stereocenters. The molecule has 1 N–H and O–H groups in total. The first-order valence-electron chi connectivity index (χ1n) is 12.0. The Labute approximate surface area is 203 Å². The number of Topliss-reactive ketones (excluding diaryl/α,β-unsaturated/α-hetero) is 1. The molecule has 2 aromatic carbocycles. The largest absolute Gasteiger partial charge is 0.507 e. The van der Waals surface area contributed by atoms with Crippen LogP contribution in [0, 0.1) is 13.8 Å². The lowest BCUT2D eigenvalue weighted by molar-refractivity contribution is -0.140. The Hall–Kier alpha value is -2.92. The zero-order valence-electron chi connectivity index (χ0n) is 21.4. The van der Waals surface area contributed by atoms with E-state index in [0.29, 0.717) is 25.1 Å². The summed E-state index contributed by atoms with van der Waals surface area (Å²) in [6, 6.07) is 13.1. The Bertz CT molecular complexity index is 1110. The number of ether oxygens (including phenoxy) is 1. The summed E-state index contributed by atoms with van der Waals surface area (Å²) in [4.78, 5) is 28.0. The predicted molar refractivity (Wildman–Crippen MR) is 136 cm³/mol. The number of aliphatic hydroxyl groups is 1. The standard InChI is InChI=1S/C29H37NO4/c1-18(2)34-15-9-14-30-25(21-11-8-10-19(3)16-21)24(27(32)28(30)33)26(31)23-17-22(29(5,6)7)13-12-20(23)4/h8,10-13,16-18,25,31H,9,14-15H2,1-7H3/b26-24+. The molecule has 34 heavy (non-hydrogen) atoms. The van der Waals surface area contributed by atoms with E-state index in [9.17, 15) is 14.7 Å². The molecule has 0 bridgehead atoms. The first-order chi connectivity index (χ1) is 15.9. The fraction of sp³-hybridized carbons (Fsp3) is 0.448. The molecule has 1 amide bonds. The third-order valence-electron chi connectivity index (χ3n) is 6.25. The molecule has 1 aliphatic heterocycles. The number of amides is 1. The Balaban J connectivity index is 2.13. The number of aryl methyl sites for hydroxylation is 2. The summed E-state index contributed by atoms with van der Waals surface area (Å²) in [5, 5.41) is 11.5. The molecule has 5 nitrogen and oxygen atoms in total. The summed E-state index contributed by atoms with van der Waals surface area (Å²) in [7, 11) is 0. The monoisotopic (exact) mass is 463 g/mol. The maximum atomic E-state index is 13.3. The van der Waals surface area contributed by atoms with Crippen LogP contribution >= 0.6 is 0 Å². The predicted octanol–water partition coefficient (Wildman–Crippen LogP) is 5.84. The van der Waals surface area contributed by atoms with E-state index in [1.54, 1.807) is 4.90 Å². The van der Waals surface area contributed by atoms with Gasteiger partial charge >= 0.3 is 0 Å². The van der Waals surface area contributed by atoms with Gasteiger partial charge in [-0.2, -0.15) is 0 Å².